The van der Waals surface area contributed by atoms with Crippen LogP contribution < -0.4 is 5.32 Å². The summed E-state index contributed by atoms with van der Waals surface area (Å²) in [6.07, 6.45) is 0.957. The largest absolute Gasteiger partial charge is 0.444 e. The van der Waals surface area contributed by atoms with Gasteiger partial charge in [0.2, 0.25) is 5.91 Å². The summed E-state index contributed by atoms with van der Waals surface area (Å²) < 4.78 is 5.40. The highest BCUT2D eigenvalue weighted by Crippen LogP contribution is 2.22. The molecule has 1 aromatic rings. The van der Waals surface area contributed by atoms with E-state index in [1.54, 1.807) is 36.0 Å². The molecule has 1 aliphatic rings. The van der Waals surface area contributed by atoms with Gasteiger partial charge in [-0.05, 0) is 51.3 Å². The summed E-state index contributed by atoms with van der Waals surface area (Å²) in [6, 6.07) is 7.23. The summed E-state index contributed by atoms with van der Waals surface area (Å²) in [5, 5.41) is 2.59. The van der Waals surface area contributed by atoms with Gasteiger partial charge in [0.15, 0.2) is 0 Å². The first-order valence-electron chi connectivity index (χ1n) is 9.64. The Hall–Kier alpha value is -2.57. The van der Waals surface area contributed by atoms with Gasteiger partial charge < -0.3 is 19.9 Å². The second kappa shape index (κ2) is 9.08. The molecule has 1 saturated heterocycles. The van der Waals surface area contributed by atoms with Crippen LogP contribution in [0.5, 0.6) is 0 Å². The molecule has 0 saturated carbocycles. The predicted molar refractivity (Wildman–Crippen MR) is 107 cm³/mol. The van der Waals surface area contributed by atoms with E-state index in [9.17, 15) is 14.4 Å². The third-order valence-electron chi connectivity index (χ3n) is 4.74. The SMILES string of the molecule is CNC(=O)c1ccc(CN(C)C(=O)C2CCN(C(=O)OC(C)(C)C)CC2)cc1. The lowest BCUT2D eigenvalue weighted by Crippen LogP contribution is -2.45. The molecule has 0 bridgehead atoms. The lowest BCUT2D eigenvalue weighted by atomic mass is 9.95. The number of hydrogen-bond acceptors (Lipinski definition) is 4. The first kappa shape index (κ1) is 21.7. The van der Waals surface area contributed by atoms with E-state index in [0.29, 0.717) is 38.0 Å². The number of hydrogen-bond donors (Lipinski definition) is 1. The van der Waals surface area contributed by atoms with Gasteiger partial charge in [0.05, 0.1) is 0 Å². The summed E-state index contributed by atoms with van der Waals surface area (Å²) in [4.78, 5) is 39.9. The Balaban J connectivity index is 1.85. The number of carbonyl (C=O) groups excluding carboxylic acids is 3. The maximum Gasteiger partial charge on any atom is 0.410 e. The second-order valence-electron chi connectivity index (χ2n) is 8.21. The molecule has 1 fully saturated rings. The van der Waals surface area contributed by atoms with Crippen molar-refractivity contribution in [1.29, 1.82) is 0 Å². The molecule has 1 heterocycles. The van der Waals surface area contributed by atoms with Crippen LogP contribution in [0.4, 0.5) is 4.79 Å². The highest BCUT2D eigenvalue weighted by atomic mass is 16.6. The van der Waals surface area contributed by atoms with Crippen LogP contribution in [-0.4, -0.2) is 60.5 Å². The number of carbonyl (C=O) groups is 3. The zero-order chi connectivity index (χ0) is 20.9. The van der Waals surface area contributed by atoms with Gasteiger partial charge in [-0.15, -0.1) is 0 Å². The monoisotopic (exact) mass is 389 g/mol. The van der Waals surface area contributed by atoms with Crippen LogP contribution in [0.1, 0.15) is 49.5 Å². The molecule has 2 rings (SSSR count). The number of nitrogens with one attached hydrogen (secondary N) is 1. The van der Waals surface area contributed by atoms with Gasteiger partial charge in [-0.2, -0.15) is 0 Å². The maximum atomic E-state index is 12.8. The zero-order valence-corrected chi connectivity index (χ0v) is 17.4. The molecule has 28 heavy (non-hydrogen) atoms. The minimum Gasteiger partial charge on any atom is -0.444 e. The standard InChI is InChI=1S/C21H31N3O4/c1-21(2,3)28-20(27)24-12-10-17(11-13-24)19(26)23(5)14-15-6-8-16(9-7-15)18(25)22-4/h6-9,17H,10-14H2,1-5H3,(H,22,25). The average Bonchev–Trinajstić information content (AvgIpc) is 2.66. The molecule has 154 valence electrons. The van der Waals surface area contributed by atoms with Crippen molar-refractivity contribution in [1.82, 2.24) is 15.1 Å². The highest BCUT2D eigenvalue weighted by molar-refractivity contribution is 5.93. The molecule has 0 radical (unpaired) electrons. The molecule has 0 atom stereocenters. The number of likely N-dealkylation sites (tertiary alicyclic amines) is 1. The zero-order valence-electron chi connectivity index (χ0n) is 17.4. The van der Waals surface area contributed by atoms with Crippen molar-refractivity contribution in [3.63, 3.8) is 0 Å². The molecule has 0 unspecified atom stereocenters. The molecule has 7 heteroatoms. The van der Waals surface area contributed by atoms with Crippen LogP contribution in [0.25, 0.3) is 0 Å². The van der Waals surface area contributed by atoms with E-state index >= 15 is 0 Å². The van der Waals surface area contributed by atoms with E-state index in [1.165, 1.54) is 0 Å². The van der Waals surface area contributed by atoms with Gasteiger partial charge in [-0.25, -0.2) is 4.79 Å². The summed E-state index contributed by atoms with van der Waals surface area (Å²) in [5.41, 5.74) is 1.04. The van der Waals surface area contributed by atoms with E-state index < -0.39 is 5.60 Å². The molecular weight excluding hydrogens is 358 g/mol. The normalized spacial score (nSPS) is 15.1. The number of nitrogens with zero attached hydrogens (tertiary/aromatic N) is 2. The van der Waals surface area contributed by atoms with Crippen molar-refractivity contribution < 1.29 is 19.1 Å². The molecule has 0 aliphatic carbocycles. The van der Waals surface area contributed by atoms with Crippen LogP contribution in [0, 0.1) is 5.92 Å². The number of benzene rings is 1. The molecule has 1 aromatic carbocycles. The van der Waals surface area contributed by atoms with E-state index in [-0.39, 0.29) is 23.8 Å². The smallest absolute Gasteiger partial charge is 0.410 e. The van der Waals surface area contributed by atoms with Gasteiger partial charge in [0, 0.05) is 45.2 Å². The lowest BCUT2D eigenvalue weighted by molar-refractivity contribution is -0.136. The van der Waals surface area contributed by atoms with Crippen molar-refractivity contribution in [2.75, 3.05) is 27.2 Å². The molecule has 0 aromatic heterocycles. The van der Waals surface area contributed by atoms with E-state index in [2.05, 4.69) is 5.32 Å². The van der Waals surface area contributed by atoms with E-state index in [1.807, 2.05) is 32.9 Å². The topological polar surface area (TPSA) is 79.0 Å². The number of rotatable bonds is 4. The predicted octanol–water partition coefficient (Wildman–Crippen LogP) is 2.65. The lowest BCUT2D eigenvalue weighted by Gasteiger charge is -2.34. The second-order valence-corrected chi connectivity index (χ2v) is 8.21. The van der Waals surface area contributed by atoms with Gasteiger partial charge >= 0.3 is 6.09 Å². The van der Waals surface area contributed by atoms with Gasteiger partial charge in [0.1, 0.15) is 5.60 Å². The van der Waals surface area contributed by atoms with Gasteiger partial charge in [-0.3, -0.25) is 9.59 Å². The van der Waals surface area contributed by atoms with Gasteiger partial charge in [0.25, 0.3) is 5.91 Å². The minimum atomic E-state index is -0.517. The maximum absolute atomic E-state index is 12.8. The van der Waals surface area contributed by atoms with Crippen LogP contribution in [0.2, 0.25) is 0 Å². The fraction of sp³-hybridized carbons (Fsp3) is 0.571. The summed E-state index contributed by atoms with van der Waals surface area (Å²) >= 11 is 0. The Labute approximate surface area is 167 Å². The molecule has 3 amide bonds. The number of piperidine rings is 1. The Kier molecular flexibility index (Phi) is 7.05. The van der Waals surface area contributed by atoms with Crippen LogP contribution in [-0.2, 0) is 16.1 Å². The first-order chi connectivity index (χ1) is 13.1. The fourth-order valence-electron chi connectivity index (χ4n) is 3.20. The van der Waals surface area contributed by atoms with Crippen molar-refractivity contribution in [3.05, 3.63) is 35.4 Å². The number of amides is 3. The number of ether oxygens (including phenoxy) is 1. The van der Waals surface area contributed by atoms with Crippen LogP contribution in [0.3, 0.4) is 0 Å². The van der Waals surface area contributed by atoms with Crippen LogP contribution in [0.15, 0.2) is 24.3 Å². The summed E-state index contributed by atoms with van der Waals surface area (Å²) in [5.74, 6) is -0.138. The molecule has 0 spiro atoms. The summed E-state index contributed by atoms with van der Waals surface area (Å²) in [6.45, 7) is 7.07. The van der Waals surface area contributed by atoms with Crippen molar-refractivity contribution in [2.24, 2.45) is 5.92 Å². The van der Waals surface area contributed by atoms with Crippen molar-refractivity contribution in [3.8, 4) is 0 Å². The Bertz CT molecular complexity index is 701. The highest BCUT2D eigenvalue weighted by Gasteiger charge is 2.31. The first-order valence-corrected chi connectivity index (χ1v) is 9.64. The Morgan fingerprint density at radius 3 is 2.21 bits per heavy atom. The van der Waals surface area contributed by atoms with E-state index in [4.69, 9.17) is 4.74 Å². The molecule has 7 nitrogen and oxygen atoms in total. The Morgan fingerprint density at radius 2 is 1.71 bits per heavy atom. The third kappa shape index (κ3) is 5.97. The quantitative estimate of drug-likeness (QED) is 0.859. The molecule has 1 aliphatic heterocycles. The molecule has 1 N–H and O–H groups in total. The van der Waals surface area contributed by atoms with Crippen molar-refractivity contribution >= 4 is 17.9 Å². The molecular formula is C21H31N3O4. The van der Waals surface area contributed by atoms with Gasteiger partial charge in [-0.1, -0.05) is 12.1 Å². The third-order valence-corrected chi connectivity index (χ3v) is 4.74. The average molecular weight is 389 g/mol. The fourth-order valence-corrected chi connectivity index (χ4v) is 3.20. The minimum absolute atomic E-state index is 0.0826. The van der Waals surface area contributed by atoms with Crippen LogP contribution >= 0.6 is 0 Å². The van der Waals surface area contributed by atoms with Crippen molar-refractivity contribution in [2.45, 2.75) is 45.8 Å². The van der Waals surface area contributed by atoms with E-state index in [0.717, 1.165) is 5.56 Å². The Morgan fingerprint density at radius 1 is 1.14 bits per heavy atom. The summed E-state index contributed by atoms with van der Waals surface area (Å²) in [7, 11) is 3.38.